The van der Waals surface area contributed by atoms with Crippen molar-refractivity contribution >= 4 is 28.7 Å². The van der Waals surface area contributed by atoms with Crippen LogP contribution in [-0.4, -0.2) is 11.8 Å². The van der Waals surface area contributed by atoms with Gasteiger partial charge in [-0.05, 0) is 25.5 Å². The van der Waals surface area contributed by atoms with E-state index in [9.17, 15) is 4.79 Å². The lowest BCUT2D eigenvalue weighted by Crippen LogP contribution is -2.16. The number of thiophene rings is 1. The minimum Gasteiger partial charge on any atom is -0.328 e. The van der Waals surface area contributed by atoms with Crippen molar-refractivity contribution in [1.82, 2.24) is 0 Å². The van der Waals surface area contributed by atoms with Crippen LogP contribution >= 0.6 is 22.9 Å². The Bertz CT molecular complexity index is 296. The van der Waals surface area contributed by atoms with Gasteiger partial charge in [-0.3, -0.25) is 4.79 Å². The van der Waals surface area contributed by atoms with E-state index < -0.39 is 0 Å². The Morgan fingerprint density at radius 2 is 2.38 bits per heavy atom. The predicted octanol–water partition coefficient (Wildman–Crippen LogP) is 2.71. The first-order valence-corrected chi connectivity index (χ1v) is 5.33. The van der Waals surface area contributed by atoms with Crippen molar-refractivity contribution in [3.63, 3.8) is 0 Å². The van der Waals surface area contributed by atoms with Crippen molar-refractivity contribution in [3.8, 4) is 0 Å². The highest BCUT2D eigenvalue weighted by molar-refractivity contribution is 7.18. The maximum absolute atomic E-state index is 11.5. The molecule has 0 aliphatic heterocycles. The standard InChI is InChI=1S/C9H12ClNOS/c1-6(11)2-3-7(12)8-4-5-9(10)13-8/h4-6H,2-3,11H2,1H3. The molecule has 0 spiro atoms. The van der Waals surface area contributed by atoms with E-state index in [0.29, 0.717) is 10.8 Å². The molecule has 72 valence electrons. The molecular weight excluding hydrogens is 206 g/mol. The summed E-state index contributed by atoms with van der Waals surface area (Å²) in [5, 5.41) is 0. The van der Waals surface area contributed by atoms with Gasteiger partial charge in [-0.25, -0.2) is 0 Å². The summed E-state index contributed by atoms with van der Waals surface area (Å²) in [4.78, 5) is 12.2. The number of nitrogens with two attached hydrogens (primary N) is 1. The molecule has 0 radical (unpaired) electrons. The molecule has 1 aromatic rings. The lowest BCUT2D eigenvalue weighted by molar-refractivity contribution is 0.0982. The number of carbonyl (C=O) groups excluding carboxylic acids is 1. The zero-order chi connectivity index (χ0) is 9.84. The molecule has 0 aliphatic carbocycles. The summed E-state index contributed by atoms with van der Waals surface area (Å²) >= 11 is 7.03. The summed E-state index contributed by atoms with van der Waals surface area (Å²) in [6.45, 7) is 1.90. The van der Waals surface area contributed by atoms with E-state index in [1.165, 1.54) is 11.3 Å². The first kappa shape index (κ1) is 10.7. The lowest BCUT2D eigenvalue weighted by Gasteiger charge is -2.01. The van der Waals surface area contributed by atoms with E-state index in [1.807, 2.05) is 6.92 Å². The van der Waals surface area contributed by atoms with Crippen LogP contribution < -0.4 is 5.73 Å². The smallest absolute Gasteiger partial charge is 0.172 e. The molecule has 1 unspecified atom stereocenters. The molecule has 1 rings (SSSR count). The molecule has 4 heteroatoms. The summed E-state index contributed by atoms with van der Waals surface area (Å²) in [5.41, 5.74) is 5.55. The maximum Gasteiger partial charge on any atom is 0.172 e. The Morgan fingerprint density at radius 3 is 2.85 bits per heavy atom. The fourth-order valence-corrected chi connectivity index (χ4v) is 1.96. The van der Waals surface area contributed by atoms with Gasteiger partial charge in [-0.1, -0.05) is 11.6 Å². The van der Waals surface area contributed by atoms with Crippen LogP contribution in [0.15, 0.2) is 12.1 Å². The van der Waals surface area contributed by atoms with E-state index in [-0.39, 0.29) is 11.8 Å². The van der Waals surface area contributed by atoms with E-state index in [0.717, 1.165) is 11.3 Å². The molecular formula is C9H12ClNOS. The minimum atomic E-state index is 0.0828. The molecule has 0 aromatic carbocycles. The number of ketones is 1. The second kappa shape index (κ2) is 4.74. The van der Waals surface area contributed by atoms with Crippen LogP contribution in [-0.2, 0) is 0 Å². The second-order valence-corrected chi connectivity index (χ2v) is 4.76. The van der Waals surface area contributed by atoms with Crippen molar-refractivity contribution in [2.24, 2.45) is 5.73 Å². The summed E-state index contributed by atoms with van der Waals surface area (Å²) in [5.74, 6) is 0.134. The van der Waals surface area contributed by atoms with Gasteiger partial charge < -0.3 is 5.73 Å². The third kappa shape index (κ3) is 3.46. The van der Waals surface area contributed by atoms with Gasteiger partial charge in [0.1, 0.15) is 0 Å². The summed E-state index contributed by atoms with van der Waals surface area (Å²) in [6.07, 6.45) is 1.24. The second-order valence-electron chi connectivity index (χ2n) is 3.04. The third-order valence-corrected chi connectivity index (χ3v) is 2.95. The first-order valence-electron chi connectivity index (χ1n) is 4.13. The minimum absolute atomic E-state index is 0.0828. The Morgan fingerprint density at radius 1 is 1.69 bits per heavy atom. The quantitative estimate of drug-likeness (QED) is 0.789. The summed E-state index contributed by atoms with van der Waals surface area (Å²) in [7, 11) is 0. The molecule has 0 bridgehead atoms. The normalized spacial score (nSPS) is 12.8. The molecule has 1 atom stereocenters. The van der Waals surface area contributed by atoms with E-state index in [2.05, 4.69) is 0 Å². The van der Waals surface area contributed by atoms with Crippen LogP contribution in [0.4, 0.5) is 0 Å². The summed E-state index contributed by atoms with van der Waals surface area (Å²) < 4.78 is 0.657. The number of rotatable bonds is 4. The van der Waals surface area contributed by atoms with Crippen LogP contribution in [0.2, 0.25) is 4.34 Å². The van der Waals surface area contributed by atoms with Gasteiger partial charge in [0.05, 0.1) is 9.21 Å². The molecule has 1 aromatic heterocycles. The molecule has 0 saturated heterocycles. The Labute approximate surface area is 86.7 Å². The van der Waals surface area contributed by atoms with Gasteiger partial charge in [-0.15, -0.1) is 11.3 Å². The van der Waals surface area contributed by atoms with E-state index in [1.54, 1.807) is 12.1 Å². The zero-order valence-corrected chi connectivity index (χ0v) is 8.99. The molecule has 2 N–H and O–H groups in total. The highest BCUT2D eigenvalue weighted by atomic mass is 35.5. The highest BCUT2D eigenvalue weighted by Crippen LogP contribution is 2.22. The number of hydrogen-bond acceptors (Lipinski definition) is 3. The lowest BCUT2D eigenvalue weighted by atomic mass is 10.1. The van der Waals surface area contributed by atoms with Crippen LogP contribution in [0.3, 0.4) is 0 Å². The van der Waals surface area contributed by atoms with Crippen LogP contribution in [0.5, 0.6) is 0 Å². The fraction of sp³-hybridized carbons (Fsp3) is 0.444. The zero-order valence-electron chi connectivity index (χ0n) is 7.42. The van der Waals surface area contributed by atoms with Gasteiger partial charge in [0, 0.05) is 12.5 Å². The van der Waals surface area contributed by atoms with Crippen molar-refractivity contribution in [2.45, 2.75) is 25.8 Å². The number of carbonyl (C=O) groups is 1. The maximum atomic E-state index is 11.5. The SMILES string of the molecule is CC(N)CCC(=O)c1ccc(Cl)s1. The van der Waals surface area contributed by atoms with Gasteiger partial charge in [-0.2, -0.15) is 0 Å². The average Bonchev–Trinajstić information content (AvgIpc) is 2.47. The van der Waals surface area contributed by atoms with Crippen molar-refractivity contribution < 1.29 is 4.79 Å². The third-order valence-electron chi connectivity index (χ3n) is 1.67. The topological polar surface area (TPSA) is 43.1 Å². The fourth-order valence-electron chi connectivity index (χ4n) is 0.946. The van der Waals surface area contributed by atoms with Crippen LogP contribution in [0.25, 0.3) is 0 Å². The molecule has 0 saturated carbocycles. The molecule has 1 heterocycles. The molecule has 0 fully saturated rings. The largest absolute Gasteiger partial charge is 0.328 e. The summed E-state index contributed by atoms with van der Waals surface area (Å²) in [6, 6.07) is 3.58. The average molecular weight is 218 g/mol. The number of hydrogen-bond donors (Lipinski definition) is 1. The number of halogens is 1. The van der Waals surface area contributed by atoms with Gasteiger partial charge in [0.2, 0.25) is 0 Å². The molecule has 0 aliphatic rings. The monoisotopic (exact) mass is 217 g/mol. The molecule has 0 amide bonds. The van der Waals surface area contributed by atoms with Crippen LogP contribution in [0, 0.1) is 0 Å². The molecule has 2 nitrogen and oxygen atoms in total. The van der Waals surface area contributed by atoms with Crippen molar-refractivity contribution in [1.29, 1.82) is 0 Å². The predicted molar refractivity (Wildman–Crippen MR) is 56.5 cm³/mol. The van der Waals surface area contributed by atoms with Gasteiger partial charge in [0.15, 0.2) is 5.78 Å². The highest BCUT2D eigenvalue weighted by Gasteiger charge is 2.09. The van der Waals surface area contributed by atoms with E-state index >= 15 is 0 Å². The molecule has 13 heavy (non-hydrogen) atoms. The van der Waals surface area contributed by atoms with Gasteiger partial charge >= 0.3 is 0 Å². The van der Waals surface area contributed by atoms with Gasteiger partial charge in [0.25, 0.3) is 0 Å². The van der Waals surface area contributed by atoms with Crippen LogP contribution in [0.1, 0.15) is 29.4 Å². The Hall–Kier alpha value is -0.380. The number of Topliss-reactive ketones (excluding diaryl/α,β-unsaturated/α-hetero) is 1. The van der Waals surface area contributed by atoms with E-state index in [4.69, 9.17) is 17.3 Å². The van der Waals surface area contributed by atoms with Crippen molar-refractivity contribution in [3.05, 3.63) is 21.3 Å². The Kier molecular flexibility index (Phi) is 3.90. The van der Waals surface area contributed by atoms with Crippen molar-refractivity contribution in [2.75, 3.05) is 0 Å². The first-order chi connectivity index (χ1) is 6.09. The Balaban J connectivity index is 2.49.